The topological polar surface area (TPSA) is 50.4 Å². The Hall–Kier alpha value is -1.26. The van der Waals surface area contributed by atoms with Crippen LogP contribution in [0.2, 0.25) is 5.02 Å². The number of ether oxygens (including phenoxy) is 1. The number of rotatable bonds is 8. The summed E-state index contributed by atoms with van der Waals surface area (Å²) in [5.74, 6) is 0. The van der Waals surface area contributed by atoms with Crippen LogP contribution in [-0.4, -0.2) is 32.3 Å². The summed E-state index contributed by atoms with van der Waals surface area (Å²) in [6.45, 7) is 8.58. The molecule has 5 heteroatoms. The molecule has 0 heterocycles. The normalized spacial score (nSPS) is 11.2. The van der Waals surface area contributed by atoms with E-state index in [1.165, 1.54) is 0 Å². The molecule has 4 nitrogen and oxygen atoms in total. The van der Waals surface area contributed by atoms with E-state index in [4.69, 9.17) is 16.3 Å². The summed E-state index contributed by atoms with van der Waals surface area (Å²) in [7, 11) is 0. The van der Waals surface area contributed by atoms with Crippen LogP contribution in [0.4, 0.5) is 4.79 Å². The van der Waals surface area contributed by atoms with Crippen LogP contribution < -0.4 is 10.6 Å². The lowest BCUT2D eigenvalue weighted by Gasteiger charge is -2.26. The van der Waals surface area contributed by atoms with Crippen LogP contribution in [0.25, 0.3) is 0 Å². The lowest BCUT2D eigenvalue weighted by Crippen LogP contribution is -2.42. The predicted molar refractivity (Wildman–Crippen MR) is 87.0 cm³/mol. The molecule has 0 aliphatic carbocycles. The van der Waals surface area contributed by atoms with Gasteiger partial charge in [0.15, 0.2) is 0 Å². The average Bonchev–Trinajstić information content (AvgIpc) is 2.45. The first-order valence-electron chi connectivity index (χ1n) is 7.32. The summed E-state index contributed by atoms with van der Waals surface area (Å²) in [6.07, 6.45) is 0.815. The highest BCUT2D eigenvalue weighted by molar-refractivity contribution is 6.31. The molecule has 0 aliphatic rings. The number of urea groups is 1. The van der Waals surface area contributed by atoms with Gasteiger partial charge in [-0.3, -0.25) is 0 Å². The van der Waals surface area contributed by atoms with E-state index in [9.17, 15) is 4.79 Å². The third-order valence-electron chi connectivity index (χ3n) is 3.25. The third-order valence-corrected chi connectivity index (χ3v) is 3.58. The predicted octanol–water partition coefficient (Wildman–Crippen LogP) is 3.34. The SMILES string of the molecule is CCOCCCNC(=O)NCC(C)(C)c1ccccc1Cl. The molecule has 2 N–H and O–H groups in total. The van der Waals surface area contributed by atoms with Crippen LogP contribution in [0.5, 0.6) is 0 Å². The van der Waals surface area contributed by atoms with Crippen LogP contribution in [0.15, 0.2) is 24.3 Å². The van der Waals surface area contributed by atoms with Gasteiger partial charge < -0.3 is 15.4 Å². The van der Waals surface area contributed by atoms with E-state index in [1.54, 1.807) is 0 Å². The second-order valence-corrected chi connectivity index (χ2v) is 5.93. The summed E-state index contributed by atoms with van der Waals surface area (Å²) in [5, 5.41) is 6.43. The van der Waals surface area contributed by atoms with Crippen molar-refractivity contribution in [1.82, 2.24) is 10.6 Å². The molecule has 0 saturated heterocycles. The lowest BCUT2D eigenvalue weighted by atomic mass is 9.84. The van der Waals surface area contributed by atoms with E-state index in [-0.39, 0.29) is 11.4 Å². The molecule has 1 rings (SSSR count). The maximum absolute atomic E-state index is 11.7. The molecule has 0 atom stereocenters. The Kier molecular flexibility index (Phi) is 7.54. The molecule has 0 radical (unpaired) electrons. The van der Waals surface area contributed by atoms with Gasteiger partial charge in [-0.1, -0.05) is 43.6 Å². The number of nitrogens with one attached hydrogen (secondary N) is 2. The minimum Gasteiger partial charge on any atom is -0.382 e. The molecule has 0 aromatic heterocycles. The molecule has 2 amide bonds. The highest BCUT2D eigenvalue weighted by atomic mass is 35.5. The van der Waals surface area contributed by atoms with Gasteiger partial charge in [-0.15, -0.1) is 0 Å². The monoisotopic (exact) mass is 312 g/mol. The van der Waals surface area contributed by atoms with Gasteiger partial charge in [0.2, 0.25) is 0 Å². The fraction of sp³-hybridized carbons (Fsp3) is 0.562. The van der Waals surface area contributed by atoms with Crippen molar-refractivity contribution in [2.24, 2.45) is 0 Å². The Bertz CT molecular complexity index is 450. The van der Waals surface area contributed by atoms with E-state index in [0.29, 0.717) is 26.3 Å². The van der Waals surface area contributed by atoms with Crippen molar-refractivity contribution in [3.05, 3.63) is 34.9 Å². The highest BCUT2D eigenvalue weighted by Crippen LogP contribution is 2.28. The van der Waals surface area contributed by atoms with Gasteiger partial charge in [0, 0.05) is 36.7 Å². The van der Waals surface area contributed by atoms with Gasteiger partial charge in [0.25, 0.3) is 0 Å². The van der Waals surface area contributed by atoms with Crippen molar-refractivity contribution in [2.75, 3.05) is 26.3 Å². The van der Waals surface area contributed by atoms with Crippen LogP contribution in [-0.2, 0) is 10.2 Å². The molecule has 0 saturated carbocycles. The molecular formula is C16H25ClN2O2. The number of carbonyl (C=O) groups excluding carboxylic acids is 1. The smallest absolute Gasteiger partial charge is 0.314 e. The second-order valence-electron chi connectivity index (χ2n) is 5.52. The van der Waals surface area contributed by atoms with Crippen LogP contribution in [0.1, 0.15) is 32.8 Å². The van der Waals surface area contributed by atoms with E-state index in [2.05, 4.69) is 24.5 Å². The number of halogens is 1. The molecule has 0 bridgehead atoms. The summed E-state index contributed by atoms with van der Waals surface area (Å²) in [5.41, 5.74) is 0.810. The zero-order chi connectivity index (χ0) is 15.7. The van der Waals surface area contributed by atoms with E-state index >= 15 is 0 Å². The molecule has 1 aromatic carbocycles. The van der Waals surface area contributed by atoms with Crippen molar-refractivity contribution in [1.29, 1.82) is 0 Å². The molecule has 0 aliphatic heterocycles. The van der Waals surface area contributed by atoms with Crippen molar-refractivity contribution in [2.45, 2.75) is 32.6 Å². The Morgan fingerprint density at radius 3 is 2.67 bits per heavy atom. The largest absolute Gasteiger partial charge is 0.382 e. The lowest BCUT2D eigenvalue weighted by molar-refractivity contribution is 0.145. The van der Waals surface area contributed by atoms with Crippen molar-refractivity contribution in [3.63, 3.8) is 0 Å². The third kappa shape index (κ3) is 6.36. The maximum atomic E-state index is 11.7. The summed E-state index contributed by atoms with van der Waals surface area (Å²) in [4.78, 5) is 11.7. The molecule has 118 valence electrons. The van der Waals surface area contributed by atoms with Crippen molar-refractivity contribution in [3.8, 4) is 0 Å². The summed E-state index contributed by atoms with van der Waals surface area (Å²) < 4.78 is 5.21. The first kappa shape index (κ1) is 17.8. The number of amides is 2. The quantitative estimate of drug-likeness (QED) is 0.723. The Morgan fingerprint density at radius 2 is 2.00 bits per heavy atom. The highest BCUT2D eigenvalue weighted by Gasteiger charge is 2.23. The first-order chi connectivity index (χ1) is 9.97. The Labute approximate surface area is 132 Å². The van der Waals surface area contributed by atoms with Crippen LogP contribution >= 0.6 is 11.6 Å². The maximum Gasteiger partial charge on any atom is 0.314 e. The van der Waals surface area contributed by atoms with Gasteiger partial charge in [0.1, 0.15) is 0 Å². The zero-order valence-corrected chi connectivity index (χ0v) is 13.8. The van der Waals surface area contributed by atoms with Crippen LogP contribution in [0.3, 0.4) is 0 Å². The zero-order valence-electron chi connectivity index (χ0n) is 13.0. The molecule has 0 fully saturated rings. The number of benzene rings is 1. The molecular weight excluding hydrogens is 288 g/mol. The number of hydrogen-bond donors (Lipinski definition) is 2. The summed E-state index contributed by atoms with van der Waals surface area (Å²) >= 11 is 6.21. The Balaban J connectivity index is 2.36. The Morgan fingerprint density at radius 1 is 1.29 bits per heavy atom. The summed E-state index contributed by atoms with van der Waals surface area (Å²) in [6, 6.07) is 7.56. The van der Waals surface area contributed by atoms with Gasteiger partial charge >= 0.3 is 6.03 Å². The average molecular weight is 313 g/mol. The van der Waals surface area contributed by atoms with E-state index < -0.39 is 0 Å². The first-order valence-corrected chi connectivity index (χ1v) is 7.69. The fourth-order valence-electron chi connectivity index (χ4n) is 1.99. The van der Waals surface area contributed by atoms with Gasteiger partial charge in [-0.05, 0) is 25.0 Å². The molecule has 21 heavy (non-hydrogen) atoms. The molecule has 0 spiro atoms. The van der Waals surface area contributed by atoms with Gasteiger partial charge in [0.05, 0.1) is 0 Å². The second kappa shape index (κ2) is 8.90. The molecule has 0 unspecified atom stereocenters. The van der Waals surface area contributed by atoms with Gasteiger partial charge in [-0.2, -0.15) is 0 Å². The standard InChI is InChI=1S/C16H25ClN2O2/c1-4-21-11-7-10-18-15(20)19-12-16(2,3)13-8-5-6-9-14(13)17/h5-6,8-9H,4,7,10-12H2,1-3H3,(H2,18,19,20). The van der Waals surface area contributed by atoms with Crippen molar-refractivity contribution < 1.29 is 9.53 Å². The number of carbonyl (C=O) groups is 1. The minimum atomic E-state index is -0.221. The van der Waals surface area contributed by atoms with E-state index in [0.717, 1.165) is 17.0 Å². The number of hydrogen-bond acceptors (Lipinski definition) is 2. The molecule has 1 aromatic rings. The minimum absolute atomic E-state index is 0.161. The van der Waals surface area contributed by atoms with Crippen molar-refractivity contribution >= 4 is 17.6 Å². The van der Waals surface area contributed by atoms with Gasteiger partial charge in [-0.25, -0.2) is 4.79 Å². The van der Waals surface area contributed by atoms with Crippen LogP contribution in [0, 0.1) is 0 Å². The fourth-order valence-corrected chi connectivity index (χ4v) is 2.38. The van der Waals surface area contributed by atoms with E-state index in [1.807, 2.05) is 31.2 Å².